The fourth-order valence-electron chi connectivity index (χ4n) is 1.95. The SMILES string of the molecule is CC(=O)N(CC(=O)Nc1c(F)cccc1F)c1ccc(Br)cc1. The largest absolute Gasteiger partial charge is 0.320 e. The number of carbonyl (C=O) groups excluding carboxylic acids is 2. The standard InChI is InChI=1S/C16H13BrF2N2O2/c1-10(22)21(12-7-5-11(17)6-8-12)9-15(23)20-16-13(18)3-2-4-14(16)19/h2-8H,9H2,1H3,(H,20,23). The lowest BCUT2D eigenvalue weighted by atomic mass is 10.2. The highest BCUT2D eigenvalue weighted by Crippen LogP contribution is 2.20. The van der Waals surface area contributed by atoms with E-state index < -0.39 is 23.2 Å². The Bertz CT molecular complexity index is 715. The zero-order valence-corrected chi connectivity index (χ0v) is 13.7. The Morgan fingerprint density at radius 3 is 2.17 bits per heavy atom. The van der Waals surface area contributed by atoms with Crippen LogP contribution >= 0.6 is 15.9 Å². The summed E-state index contributed by atoms with van der Waals surface area (Å²) in [4.78, 5) is 25.0. The lowest BCUT2D eigenvalue weighted by Gasteiger charge is -2.21. The molecule has 0 spiro atoms. The van der Waals surface area contributed by atoms with Gasteiger partial charge in [0.1, 0.15) is 23.9 Å². The minimum absolute atomic E-state index is 0.356. The molecule has 0 radical (unpaired) electrons. The molecule has 0 bridgehead atoms. The fourth-order valence-corrected chi connectivity index (χ4v) is 2.21. The van der Waals surface area contributed by atoms with Crippen molar-refractivity contribution in [2.75, 3.05) is 16.8 Å². The van der Waals surface area contributed by atoms with E-state index in [4.69, 9.17) is 0 Å². The number of hydrogen-bond acceptors (Lipinski definition) is 2. The monoisotopic (exact) mass is 382 g/mol. The molecule has 0 fully saturated rings. The molecule has 2 amide bonds. The lowest BCUT2D eigenvalue weighted by Crippen LogP contribution is -2.36. The van der Waals surface area contributed by atoms with Gasteiger partial charge in [0.15, 0.2) is 0 Å². The maximum Gasteiger partial charge on any atom is 0.244 e. The second-order valence-electron chi connectivity index (χ2n) is 4.73. The van der Waals surface area contributed by atoms with Crippen LogP contribution in [0.3, 0.4) is 0 Å². The van der Waals surface area contributed by atoms with Crippen molar-refractivity contribution in [3.63, 3.8) is 0 Å². The summed E-state index contributed by atoms with van der Waals surface area (Å²) >= 11 is 3.28. The molecule has 2 rings (SSSR count). The normalized spacial score (nSPS) is 10.3. The number of para-hydroxylation sites is 1. The van der Waals surface area contributed by atoms with E-state index in [9.17, 15) is 18.4 Å². The van der Waals surface area contributed by atoms with E-state index >= 15 is 0 Å². The van der Waals surface area contributed by atoms with E-state index in [0.717, 1.165) is 16.6 Å². The first-order valence-electron chi connectivity index (χ1n) is 6.66. The van der Waals surface area contributed by atoms with Crippen LogP contribution in [0.25, 0.3) is 0 Å². The molecule has 0 unspecified atom stereocenters. The first-order valence-corrected chi connectivity index (χ1v) is 7.45. The van der Waals surface area contributed by atoms with Gasteiger partial charge in [-0.3, -0.25) is 9.59 Å². The Balaban J connectivity index is 2.16. The summed E-state index contributed by atoms with van der Waals surface area (Å²) in [5, 5.41) is 2.15. The minimum Gasteiger partial charge on any atom is -0.320 e. The molecule has 7 heteroatoms. The summed E-state index contributed by atoms with van der Waals surface area (Å²) in [6.45, 7) is 0.948. The van der Waals surface area contributed by atoms with E-state index in [1.54, 1.807) is 24.3 Å². The van der Waals surface area contributed by atoms with E-state index in [1.165, 1.54) is 17.9 Å². The van der Waals surface area contributed by atoms with Crippen molar-refractivity contribution in [1.82, 2.24) is 0 Å². The summed E-state index contributed by atoms with van der Waals surface area (Å²) in [6, 6.07) is 10.0. The molecule has 0 saturated carbocycles. The van der Waals surface area contributed by atoms with Gasteiger partial charge in [-0.2, -0.15) is 0 Å². The molecule has 120 valence electrons. The molecule has 0 aromatic heterocycles. The Morgan fingerprint density at radius 1 is 1.09 bits per heavy atom. The number of nitrogens with zero attached hydrogens (tertiary/aromatic N) is 1. The molecule has 0 saturated heterocycles. The number of benzene rings is 2. The molecule has 23 heavy (non-hydrogen) atoms. The highest BCUT2D eigenvalue weighted by Gasteiger charge is 2.18. The van der Waals surface area contributed by atoms with Crippen LogP contribution in [-0.4, -0.2) is 18.4 Å². The Morgan fingerprint density at radius 2 is 1.65 bits per heavy atom. The van der Waals surface area contributed by atoms with Crippen LogP contribution < -0.4 is 10.2 Å². The van der Waals surface area contributed by atoms with Crippen molar-refractivity contribution >= 4 is 39.1 Å². The smallest absolute Gasteiger partial charge is 0.244 e. The molecule has 2 aromatic rings. The molecule has 1 N–H and O–H groups in total. The van der Waals surface area contributed by atoms with Gasteiger partial charge in [0, 0.05) is 17.1 Å². The second kappa shape index (κ2) is 7.32. The van der Waals surface area contributed by atoms with Gasteiger partial charge < -0.3 is 10.2 Å². The van der Waals surface area contributed by atoms with Crippen LogP contribution in [0.15, 0.2) is 46.9 Å². The first kappa shape index (κ1) is 17.1. The van der Waals surface area contributed by atoms with Crippen molar-refractivity contribution in [3.05, 3.63) is 58.6 Å². The predicted molar refractivity (Wildman–Crippen MR) is 87.2 cm³/mol. The van der Waals surface area contributed by atoms with Gasteiger partial charge in [0.25, 0.3) is 0 Å². The van der Waals surface area contributed by atoms with Gasteiger partial charge in [-0.05, 0) is 36.4 Å². The van der Waals surface area contributed by atoms with Crippen molar-refractivity contribution in [2.45, 2.75) is 6.92 Å². The number of amides is 2. The highest BCUT2D eigenvalue weighted by molar-refractivity contribution is 9.10. The number of rotatable bonds is 4. The number of nitrogens with one attached hydrogen (secondary N) is 1. The third-order valence-corrected chi connectivity index (χ3v) is 3.58. The van der Waals surface area contributed by atoms with Crippen molar-refractivity contribution in [3.8, 4) is 0 Å². The molecular formula is C16H13BrF2N2O2. The second-order valence-corrected chi connectivity index (χ2v) is 5.64. The van der Waals surface area contributed by atoms with Crippen LogP contribution in [-0.2, 0) is 9.59 Å². The van der Waals surface area contributed by atoms with E-state index in [1.807, 2.05) is 0 Å². The van der Waals surface area contributed by atoms with E-state index in [-0.39, 0.29) is 12.5 Å². The zero-order valence-electron chi connectivity index (χ0n) is 12.1. The molecule has 2 aromatic carbocycles. The van der Waals surface area contributed by atoms with Crippen molar-refractivity contribution in [1.29, 1.82) is 0 Å². The molecule has 0 aliphatic rings. The maximum atomic E-state index is 13.5. The molecule has 0 aliphatic carbocycles. The van der Waals surface area contributed by atoms with Crippen LogP contribution in [0, 0.1) is 11.6 Å². The van der Waals surface area contributed by atoms with E-state index in [0.29, 0.717) is 5.69 Å². The number of carbonyl (C=O) groups is 2. The molecular weight excluding hydrogens is 370 g/mol. The summed E-state index contributed by atoms with van der Waals surface area (Å²) in [5.74, 6) is -2.82. The van der Waals surface area contributed by atoms with Gasteiger partial charge in [-0.1, -0.05) is 22.0 Å². The molecule has 0 aliphatic heterocycles. The van der Waals surface area contributed by atoms with Crippen LogP contribution in [0.1, 0.15) is 6.92 Å². The summed E-state index contributed by atoms with van der Waals surface area (Å²) in [5.41, 5.74) is -0.0262. The molecule has 0 atom stereocenters. The fraction of sp³-hybridized carbons (Fsp3) is 0.125. The number of hydrogen-bond donors (Lipinski definition) is 1. The summed E-state index contributed by atoms with van der Waals surface area (Å²) in [7, 11) is 0. The third-order valence-electron chi connectivity index (χ3n) is 3.05. The van der Waals surface area contributed by atoms with E-state index in [2.05, 4.69) is 21.2 Å². The van der Waals surface area contributed by atoms with Crippen molar-refractivity contribution in [2.24, 2.45) is 0 Å². The van der Waals surface area contributed by atoms with Crippen LogP contribution in [0.5, 0.6) is 0 Å². The Hall–Kier alpha value is -2.28. The van der Waals surface area contributed by atoms with Crippen LogP contribution in [0.4, 0.5) is 20.2 Å². The van der Waals surface area contributed by atoms with Crippen molar-refractivity contribution < 1.29 is 18.4 Å². The van der Waals surface area contributed by atoms with Gasteiger partial charge in [-0.25, -0.2) is 8.78 Å². The van der Waals surface area contributed by atoms with Gasteiger partial charge in [-0.15, -0.1) is 0 Å². The summed E-state index contributed by atoms with van der Waals surface area (Å²) < 4.78 is 27.9. The summed E-state index contributed by atoms with van der Waals surface area (Å²) in [6.07, 6.45) is 0. The van der Waals surface area contributed by atoms with Crippen LogP contribution in [0.2, 0.25) is 0 Å². The highest BCUT2D eigenvalue weighted by atomic mass is 79.9. The predicted octanol–water partition coefficient (Wildman–Crippen LogP) is 3.72. The minimum atomic E-state index is -0.878. The quantitative estimate of drug-likeness (QED) is 0.875. The Labute approximate surface area is 140 Å². The maximum absolute atomic E-state index is 13.5. The number of anilines is 2. The topological polar surface area (TPSA) is 49.4 Å². The third kappa shape index (κ3) is 4.35. The van der Waals surface area contributed by atoms with Gasteiger partial charge in [0.2, 0.25) is 11.8 Å². The Kier molecular flexibility index (Phi) is 5.44. The van der Waals surface area contributed by atoms with Gasteiger partial charge in [0.05, 0.1) is 0 Å². The number of halogens is 3. The lowest BCUT2D eigenvalue weighted by molar-refractivity contribution is -0.120. The molecule has 4 nitrogen and oxygen atoms in total. The average molecular weight is 383 g/mol. The zero-order chi connectivity index (χ0) is 17.0. The first-order chi connectivity index (χ1) is 10.9. The van der Waals surface area contributed by atoms with Gasteiger partial charge >= 0.3 is 0 Å². The molecule has 0 heterocycles. The average Bonchev–Trinajstić information content (AvgIpc) is 2.49.